The highest BCUT2D eigenvalue weighted by Gasteiger charge is 2.20. The summed E-state index contributed by atoms with van der Waals surface area (Å²) in [5.41, 5.74) is 0. The lowest BCUT2D eigenvalue weighted by atomic mass is 10.2. The van der Waals surface area contributed by atoms with E-state index in [2.05, 4.69) is 5.32 Å². The molecule has 8 heteroatoms. The zero-order valence-electron chi connectivity index (χ0n) is 13.0. The standard InChI is InChI=1S/C17H13ClFNO3S2/c1-9(12-3-2-6-24-12)20-14(21)8-23-17(22)16-15(18)11-5-4-10(19)7-13(11)25-16/h2-7,9H,8H2,1H3,(H,20,21). The number of hydrogen-bond donors (Lipinski definition) is 1. The summed E-state index contributed by atoms with van der Waals surface area (Å²) in [4.78, 5) is 25.3. The van der Waals surface area contributed by atoms with Crippen molar-refractivity contribution in [3.63, 3.8) is 0 Å². The van der Waals surface area contributed by atoms with Gasteiger partial charge in [0.1, 0.15) is 10.7 Å². The summed E-state index contributed by atoms with van der Waals surface area (Å²) in [6, 6.07) is 7.73. The van der Waals surface area contributed by atoms with Crippen LogP contribution in [0.25, 0.3) is 10.1 Å². The van der Waals surface area contributed by atoms with Gasteiger partial charge in [-0.15, -0.1) is 22.7 Å². The van der Waals surface area contributed by atoms with E-state index in [1.54, 1.807) is 0 Å². The number of carbonyl (C=O) groups is 2. The van der Waals surface area contributed by atoms with Gasteiger partial charge in [0.25, 0.3) is 5.91 Å². The van der Waals surface area contributed by atoms with Crippen molar-refractivity contribution >= 4 is 56.2 Å². The molecule has 4 nitrogen and oxygen atoms in total. The van der Waals surface area contributed by atoms with E-state index in [1.807, 2.05) is 24.4 Å². The third-order valence-electron chi connectivity index (χ3n) is 3.46. The van der Waals surface area contributed by atoms with Crippen LogP contribution >= 0.6 is 34.3 Å². The lowest BCUT2D eigenvalue weighted by Crippen LogP contribution is -2.30. The van der Waals surface area contributed by atoms with Gasteiger partial charge in [-0.05, 0) is 36.6 Å². The zero-order chi connectivity index (χ0) is 18.0. The molecule has 0 aliphatic carbocycles. The Morgan fingerprint density at radius 1 is 1.36 bits per heavy atom. The maximum atomic E-state index is 13.3. The number of amides is 1. The van der Waals surface area contributed by atoms with Gasteiger partial charge >= 0.3 is 5.97 Å². The van der Waals surface area contributed by atoms with Gasteiger partial charge < -0.3 is 10.1 Å². The number of nitrogens with one attached hydrogen (secondary N) is 1. The molecular formula is C17H13ClFNO3S2. The molecule has 0 saturated carbocycles. The molecule has 0 spiro atoms. The number of halogens is 2. The average Bonchev–Trinajstić information content (AvgIpc) is 3.21. The first-order valence-corrected chi connectivity index (χ1v) is 9.40. The number of rotatable bonds is 5. The highest BCUT2D eigenvalue weighted by Crippen LogP contribution is 2.36. The Morgan fingerprint density at radius 2 is 2.16 bits per heavy atom. The van der Waals surface area contributed by atoms with Gasteiger partial charge in [0, 0.05) is 15.0 Å². The minimum atomic E-state index is -0.703. The van der Waals surface area contributed by atoms with Crippen molar-refractivity contribution in [1.29, 1.82) is 0 Å². The van der Waals surface area contributed by atoms with Crippen LogP contribution in [-0.4, -0.2) is 18.5 Å². The Labute approximate surface area is 156 Å². The normalized spacial score (nSPS) is 12.1. The van der Waals surface area contributed by atoms with E-state index < -0.39 is 24.3 Å². The van der Waals surface area contributed by atoms with Gasteiger partial charge in [-0.1, -0.05) is 17.7 Å². The van der Waals surface area contributed by atoms with Gasteiger partial charge in [0.15, 0.2) is 6.61 Å². The van der Waals surface area contributed by atoms with Crippen molar-refractivity contribution in [3.8, 4) is 0 Å². The first-order chi connectivity index (χ1) is 12.0. The highest BCUT2D eigenvalue weighted by molar-refractivity contribution is 7.21. The third-order valence-corrected chi connectivity index (χ3v) is 6.15. The van der Waals surface area contributed by atoms with Gasteiger partial charge in [0.05, 0.1) is 11.1 Å². The number of fused-ring (bicyclic) bond motifs is 1. The van der Waals surface area contributed by atoms with E-state index in [9.17, 15) is 14.0 Å². The van der Waals surface area contributed by atoms with E-state index in [-0.39, 0.29) is 15.9 Å². The molecule has 0 bridgehead atoms. The molecule has 3 rings (SSSR count). The summed E-state index contributed by atoms with van der Waals surface area (Å²) in [5, 5.41) is 5.46. The third kappa shape index (κ3) is 4.00. The topological polar surface area (TPSA) is 55.4 Å². The van der Waals surface area contributed by atoms with Crippen molar-refractivity contribution in [2.75, 3.05) is 6.61 Å². The lowest BCUT2D eigenvalue weighted by Gasteiger charge is -2.12. The van der Waals surface area contributed by atoms with Crippen LogP contribution in [0, 0.1) is 5.82 Å². The van der Waals surface area contributed by atoms with Crippen molar-refractivity contribution in [2.45, 2.75) is 13.0 Å². The van der Waals surface area contributed by atoms with Crippen LogP contribution in [0.2, 0.25) is 5.02 Å². The molecule has 2 heterocycles. The molecule has 0 saturated heterocycles. The second-order valence-electron chi connectivity index (χ2n) is 5.27. The molecule has 3 aromatic rings. The van der Waals surface area contributed by atoms with Gasteiger partial charge in [0.2, 0.25) is 0 Å². The van der Waals surface area contributed by atoms with Gasteiger partial charge in [-0.2, -0.15) is 0 Å². The maximum absolute atomic E-state index is 13.3. The van der Waals surface area contributed by atoms with Crippen molar-refractivity contribution in [3.05, 3.63) is 56.3 Å². The number of ether oxygens (including phenoxy) is 1. The van der Waals surface area contributed by atoms with Crippen LogP contribution in [0.5, 0.6) is 0 Å². The summed E-state index contributed by atoms with van der Waals surface area (Å²) in [6.07, 6.45) is 0. The molecule has 1 unspecified atom stereocenters. The second-order valence-corrected chi connectivity index (χ2v) is 7.68. The predicted molar refractivity (Wildman–Crippen MR) is 98.0 cm³/mol. The molecule has 1 atom stereocenters. The van der Waals surface area contributed by atoms with E-state index in [0.717, 1.165) is 16.2 Å². The van der Waals surface area contributed by atoms with Crippen LogP contribution in [0.15, 0.2) is 35.7 Å². The van der Waals surface area contributed by atoms with E-state index in [0.29, 0.717) is 10.1 Å². The molecule has 0 aliphatic heterocycles. The van der Waals surface area contributed by atoms with Crippen molar-refractivity contribution in [1.82, 2.24) is 5.32 Å². The Bertz CT molecular complexity index is 924. The van der Waals surface area contributed by atoms with Crippen molar-refractivity contribution < 1.29 is 18.7 Å². The summed E-state index contributed by atoms with van der Waals surface area (Å²) < 4.78 is 18.8. The fraction of sp³-hybridized carbons (Fsp3) is 0.176. The van der Waals surface area contributed by atoms with Crippen molar-refractivity contribution in [2.24, 2.45) is 0 Å². The minimum Gasteiger partial charge on any atom is -0.451 e. The predicted octanol–water partition coefficient (Wildman–Crippen LogP) is 4.79. The monoisotopic (exact) mass is 397 g/mol. The largest absolute Gasteiger partial charge is 0.451 e. The summed E-state index contributed by atoms with van der Waals surface area (Å²) in [6.45, 7) is 1.44. The smallest absolute Gasteiger partial charge is 0.350 e. The molecule has 1 amide bonds. The molecule has 1 aromatic carbocycles. The number of hydrogen-bond acceptors (Lipinski definition) is 5. The fourth-order valence-electron chi connectivity index (χ4n) is 2.26. The Kier molecular flexibility index (Phi) is 5.36. The van der Waals surface area contributed by atoms with Crippen LogP contribution in [0.3, 0.4) is 0 Å². The van der Waals surface area contributed by atoms with Crippen LogP contribution < -0.4 is 5.32 Å². The summed E-state index contributed by atoms with van der Waals surface area (Å²) in [5.74, 6) is -1.52. The molecule has 25 heavy (non-hydrogen) atoms. The maximum Gasteiger partial charge on any atom is 0.350 e. The molecular weight excluding hydrogens is 385 g/mol. The number of esters is 1. The minimum absolute atomic E-state index is 0.154. The summed E-state index contributed by atoms with van der Waals surface area (Å²) >= 11 is 8.72. The highest BCUT2D eigenvalue weighted by atomic mass is 35.5. The van der Waals surface area contributed by atoms with Crippen LogP contribution in [0.1, 0.15) is 27.5 Å². The molecule has 1 N–H and O–H groups in total. The van der Waals surface area contributed by atoms with Gasteiger partial charge in [-0.3, -0.25) is 4.79 Å². The molecule has 0 fully saturated rings. The molecule has 2 aromatic heterocycles. The number of thiophene rings is 2. The zero-order valence-corrected chi connectivity index (χ0v) is 15.4. The molecule has 0 aliphatic rings. The Balaban J connectivity index is 1.62. The first-order valence-electron chi connectivity index (χ1n) is 7.33. The summed E-state index contributed by atoms with van der Waals surface area (Å²) in [7, 11) is 0. The van der Waals surface area contributed by atoms with E-state index in [4.69, 9.17) is 16.3 Å². The molecule has 130 valence electrons. The first kappa shape index (κ1) is 17.8. The second kappa shape index (κ2) is 7.51. The Morgan fingerprint density at radius 3 is 2.88 bits per heavy atom. The SMILES string of the molecule is CC(NC(=O)COC(=O)c1sc2cc(F)ccc2c1Cl)c1cccs1. The molecule has 0 radical (unpaired) electrons. The van der Waals surface area contributed by atoms with E-state index in [1.165, 1.54) is 29.5 Å². The van der Waals surface area contributed by atoms with Crippen LogP contribution in [0.4, 0.5) is 4.39 Å². The van der Waals surface area contributed by atoms with E-state index >= 15 is 0 Å². The quantitative estimate of drug-likeness (QED) is 0.630. The average molecular weight is 398 g/mol. The fourth-order valence-corrected chi connectivity index (χ4v) is 4.42. The van der Waals surface area contributed by atoms with Gasteiger partial charge in [-0.25, -0.2) is 9.18 Å². The lowest BCUT2D eigenvalue weighted by molar-refractivity contribution is -0.124. The van der Waals surface area contributed by atoms with Crippen LogP contribution in [-0.2, 0) is 9.53 Å². The number of benzene rings is 1. The number of carbonyl (C=O) groups excluding carboxylic acids is 2. The Hall–Kier alpha value is -1.96.